The quantitative estimate of drug-likeness (QED) is 0.837. The fraction of sp³-hybridized carbons (Fsp3) is 0.438. The summed E-state index contributed by atoms with van der Waals surface area (Å²) in [5.41, 5.74) is 0.612. The second kappa shape index (κ2) is 6.13. The molecule has 2 aromatic rings. The highest BCUT2D eigenvalue weighted by molar-refractivity contribution is 5.81. The van der Waals surface area contributed by atoms with Crippen molar-refractivity contribution in [3.8, 4) is 0 Å². The molecule has 0 bridgehead atoms. The number of aromatic nitrogens is 1. The van der Waals surface area contributed by atoms with Crippen molar-refractivity contribution >= 4 is 10.8 Å². The molecule has 0 saturated carbocycles. The van der Waals surface area contributed by atoms with E-state index in [9.17, 15) is 5.11 Å². The molecule has 0 aliphatic carbocycles. The lowest BCUT2D eigenvalue weighted by Gasteiger charge is -2.23. The average molecular weight is 258 g/mol. The minimum Gasteiger partial charge on any atom is -0.389 e. The van der Waals surface area contributed by atoms with Gasteiger partial charge >= 0.3 is 0 Å². The Labute approximate surface area is 114 Å². The fourth-order valence-corrected chi connectivity index (χ4v) is 2.35. The summed E-state index contributed by atoms with van der Waals surface area (Å²) in [6.45, 7) is 5.37. The molecule has 19 heavy (non-hydrogen) atoms. The zero-order chi connectivity index (χ0) is 13.7. The van der Waals surface area contributed by atoms with Gasteiger partial charge in [0.15, 0.2) is 0 Å². The van der Waals surface area contributed by atoms with E-state index in [2.05, 4.69) is 35.4 Å². The van der Waals surface area contributed by atoms with Crippen LogP contribution in [0.4, 0.5) is 0 Å². The van der Waals surface area contributed by atoms with E-state index in [1.165, 1.54) is 10.9 Å². The SMILES string of the molecule is CCCC(C)(O)CNCc1ccc2cnccc2c1. The zero-order valence-corrected chi connectivity index (χ0v) is 11.7. The van der Waals surface area contributed by atoms with E-state index in [0.29, 0.717) is 6.54 Å². The first-order valence-electron chi connectivity index (χ1n) is 6.86. The van der Waals surface area contributed by atoms with Crippen molar-refractivity contribution in [2.75, 3.05) is 6.54 Å². The molecule has 0 radical (unpaired) electrons. The van der Waals surface area contributed by atoms with Crippen LogP contribution in [0, 0.1) is 0 Å². The predicted octanol–water partition coefficient (Wildman–Crippen LogP) is 2.88. The van der Waals surface area contributed by atoms with Gasteiger partial charge in [-0.2, -0.15) is 0 Å². The Kier molecular flexibility index (Phi) is 4.51. The molecular formula is C16H22N2O. The summed E-state index contributed by atoms with van der Waals surface area (Å²) in [6.07, 6.45) is 5.51. The van der Waals surface area contributed by atoms with Crippen LogP contribution in [0.3, 0.4) is 0 Å². The standard InChI is InChI=1S/C16H22N2O/c1-3-7-16(2,19)12-18-10-13-4-5-15-11-17-8-6-14(15)9-13/h4-6,8-9,11,18-19H,3,7,10,12H2,1-2H3. The number of pyridine rings is 1. The second-order valence-electron chi connectivity index (χ2n) is 5.41. The maximum atomic E-state index is 10.1. The van der Waals surface area contributed by atoms with Crippen LogP contribution in [0.2, 0.25) is 0 Å². The number of hydrogen-bond acceptors (Lipinski definition) is 3. The Morgan fingerprint density at radius 2 is 2.11 bits per heavy atom. The van der Waals surface area contributed by atoms with Gasteiger partial charge in [-0.25, -0.2) is 0 Å². The van der Waals surface area contributed by atoms with Gasteiger partial charge in [0.1, 0.15) is 0 Å². The topological polar surface area (TPSA) is 45.1 Å². The Hall–Kier alpha value is -1.45. The lowest BCUT2D eigenvalue weighted by molar-refractivity contribution is 0.0498. The molecular weight excluding hydrogens is 236 g/mol. The van der Waals surface area contributed by atoms with Gasteiger partial charge in [0, 0.05) is 30.9 Å². The van der Waals surface area contributed by atoms with Crippen molar-refractivity contribution < 1.29 is 5.11 Å². The van der Waals surface area contributed by atoms with Crippen LogP contribution in [0.25, 0.3) is 10.8 Å². The fourth-order valence-electron chi connectivity index (χ4n) is 2.35. The van der Waals surface area contributed by atoms with E-state index in [4.69, 9.17) is 0 Å². The molecule has 1 heterocycles. The first kappa shape index (κ1) is 14.0. The van der Waals surface area contributed by atoms with Gasteiger partial charge in [0.25, 0.3) is 0 Å². The predicted molar refractivity (Wildman–Crippen MR) is 79.0 cm³/mol. The number of nitrogens with one attached hydrogen (secondary N) is 1. The first-order valence-corrected chi connectivity index (χ1v) is 6.86. The molecule has 0 aliphatic rings. The highest BCUT2D eigenvalue weighted by Crippen LogP contribution is 2.15. The van der Waals surface area contributed by atoms with Gasteiger partial charge in [-0.3, -0.25) is 4.98 Å². The summed E-state index contributed by atoms with van der Waals surface area (Å²) in [5, 5.41) is 15.8. The van der Waals surface area contributed by atoms with Crippen LogP contribution in [-0.2, 0) is 6.54 Å². The second-order valence-corrected chi connectivity index (χ2v) is 5.41. The Morgan fingerprint density at radius 3 is 2.89 bits per heavy atom. The number of fused-ring (bicyclic) bond motifs is 1. The molecule has 102 valence electrons. The van der Waals surface area contributed by atoms with Gasteiger partial charge < -0.3 is 10.4 Å². The van der Waals surface area contributed by atoms with Gasteiger partial charge in [-0.1, -0.05) is 25.5 Å². The number of rotatable bonds is 6. The highest BCUT2D eigenvalue weighted by atomic mass is 16.3. The lowest BCUT2D eigenvalue weighted by Crippen LogP contribution is -2.37. The van der Waals surface area contributed by atoms with Crippen LogP contribution < -0.4 is 5.32 Å². The number of nitrogens with zero attached hydrogens (tertiary/aromatic N) is 1. The smallest absolute Gasteiger partial charge is 0.0743 e. The largest absolute Gasteiger partial charge is 0.389 e. The monoisotopic (exact) mass is 258 g/mol. The molecule has 3 nitrogen and oxygen atoms in total. The van der Waals surface area contributed by atoms with Crippen LogP contribution >= 0.6 is 0 Å². The van der Waals surface area contributed by atoms with Crippen LogP contribution in [0.15, 0.2) is 36.7 Å². The molecule has 1 aromatic carbocycles. The van der Waals surface area contributed by atoms with E-state index in [-0.39, 0.29) is 0 Å². The molecule has 2 rings (SSSR count). The molecule has 1 unspecified atom stereocenters. The van der Waals surface area contributed by atoms with E-state index in [0.717, 1.165) is 24.8 Å². The maximum absolute atomic E-state index is 10.1. The molecule has 0 amide bonds. The molecule has 3 heteroatoms. The van der Waals surface area contributed by atoms with Crippen molar-refractivity contribution in [2.45, 2.75) is 38.8 Å². The third kappa shape index (κ3) is 4.01. The summed E-state index contributed by atoms with van der Waals surface area (Å²) >= 11 is 0. The summed E-state index contributed by atoms with van der Waals surface area (Å²) in [7, 11) is 0. The van der Waals surface area contributed by atoms with E-state index < -0.39 is 5.60 Å². The molecule has 2 N–H and O–H groups in total. The number of hydrogen-bond donors (Lipinski definition) is 2. The van der Waals surface area contributed by atoms with Crippen molar-refractivity contribution in [3.63, 3.8) is 0 Å². The number of aliphatic hydroxyl groups is 1. The van der Waals surface area contributed by atoms with E-state index in [1.807, 2.05) is 25.4 Å². The third-order valence-electron chi connectivity index (χ3n) is 3.33. The third-order valence-corrected chi connectivity index (χ3v) is 3.33. The molecule has 0 spiro atoms. The van der Waals surface area contributed by atoms with Crippen molar-refractivity contribution in [1.29, 1.82) is 0 Å². The molecule has 0 fully saturated rings. The maximum Gasteiger partial charge on any atom is 0.0743 e. The van der Waals surface area contributed by atoms with Crippen molar-refractivity contribution in [1.82, 2.24) is 10.3 Å². The molecule has 1 atom stereocenters. The van der Waals surface area contributed by atoms with Gasteiger partial charge in [0.05, 0.1) is 5.60 Å². The molecule has 0 saturated heterocycles. The molecule has 0 aliphatic heterocycles. The lowest BCUT2D eigenvalue weighted by atomic mass is 10.0. The summed E-state index contributed by atoms with van der Waals surface area (Å²) < 4.78 is 0. The summed E-state index contributed by atoms with van der Waals surface area (Å²) in [4.78, 5) is 4.11. The van der Waals surface area contributed by atoms with Crippen molar-refractivity contribution in [2.24, 2.45) is 0 Å². The normalized spacial score (nSPS) is 14.5. The van der Waals surface area contributed by atoms with Gasteiger partial charge in [-0.05, 0) is 36.4 Å². The van der Waals surface area contributed by atoms with Crippen LogP contribution in [-0.4, -0.2) is 22.2 Å². The first-order chi connectivity index (χ1) is 9.11. The van der Waals surface area contributed by atoms with Gasteiger partial charge in [-0.15, -0.1) is 0 Å². The summed E-state index contributed by atoms with van der Waals surface area (Å²) in [5.74, 6) is 0. The van der Waals surface area contributed by atoms with E-state index >= 15 is 0 Å². The summed E-state index contributed by atoms with van der Waals surface area (Å²) in [6, 6.07) is 8.37. The molecule has 1 aromatic heterocycles. The highest BCUT2D eigenvalue weighted by Gasteiger charge is 2.17. The van der Waals surface area contributed by atoms with Crippen LogP contribution in [0.1, 0.15) is 32.3 Å². The minimum atomic E-state index is -0.616. The van der Waals surface area contributed by atoms with Crippen molar-refractivity contribution in [3.05, 3.63) is 42.2 Å². The van der Waals surface area contributed by atoms with Crippen LogP contribution in [0.5, 0.6) is 0 Å². The number of benzene rings is 1. The zero-order valence-electron chi connectivity index (χ0n) is 11.7. The Bertz CT molecular complexity index is 537. The van der Waals surface area contributed by atoms with E-state index in [1.54, 1.807) is 0 Å². The average Bonchev–Trinajstić information content (AvgIpc) is 2.38. The Balaban J connectivity index is 1.95. The van der Waals surface area contributed by atoms with Gasteiger partial charge in [0.2, 0.25) is 0 Å². The minimum absolute atomic E-state index is 0.616. The Morgan fingerprint density at radius 1 is 1.26 bits per heavy atom.